The summed E-state index contributed by atoms with van der Waals surface area (Å²) in [6.07, 6.45) is 3.79. The van der Waals surface area contributed by atoms with Gasteiger partial charge in [-0.1, -0.05) is 24.3 Å². The van der Waals surface area contributed by atoms with Gasteiger partial charge in [0, 0.05) is 36.3 Å². The lowest BCUT2D eigenvalue weighted by Crippen LogP contribution is -2.39. The number of carbonyl (C=O) groups excluding carboxylic acids is 1. The lowest BCUT2D eigenvalue weighted by atomic mass is 9.96. The van der Waals surface area contributed by atoms with E-state index in [0.29, 0.717) is 12.1 Å². The highest BCUT2D eigenvalue weighted by molar-refractivity contribution is 5.98. The van der Waals surface area contributed by atoms with Crippen molar-refractivity contribution in [3.05, 3.63) is 72.2 Å². The SMILES string of the molecule is O=C(c1ccc2cc[nH]c2c1)N1CCCC(c2nnnn2-c2ccccc2)C1. The van der Waals surface area contributed by atoms with Gasteiger partial charge in [-0.3, -0.25) is 4.79 Å². The number of fused-ring (bicyclic) bond motifs is 1. The zero-order valence-electron chi connectivity index (χ0n) is 15.3. The van der Waals surface area contributed by atoms with Crippen molar-refractivity contribution in [2.75, 3.05) is 13.1 Å². The van der Waals surface area contributed by atoms with Gasteiger partial charge in [0.05, 0.1) is 5.69 Å². The van der Waals surface area contributed by atoms with Gasteiger partial charge in [0.1, 0.15) is 0 Å². The highest BCUT2D eigenvalue weighted by atomic mass is 16.2. The van der Waals surface area contributed by atoms with Crippen LogP contribution in [-0.4, -0.2) is 49.1 Å². The number of para-hydroxylation sites is 1. The lowest BCUT2D eigenvalue weighted by molar-refractivity contribution is 0.0704. The Morgan fingerprint density at radius 3 is 2.89 bits per heavy atom. The first-order chi connectivity index (χ1) is 13.8. The van der Waals surface area contributed by atoms with Crippen LogP contribution in [0, 0.1) is 0 Å². The van der Waals surface area contributed by atoms with Crippen LogP contribution in [-0.2, 0) is 0 Å². The molecule has 28 heavy (non-hydrogen) atoms. The quantitative estimate of drug-likeness (QED) is 0.599. The summed E-state index contributed by atoms with van der Waals surface area (Å²) in [5.41, 5.74) is 2.62. The molecule has 0 saturated carbocycles. The summed E-state index contributed by atoms with van der Waals surface area (Å²) in [5, 5.41) is 13.4. The van der Waals surface area contributed by atoms with Crippen LogP contribution in [0.5, 0.6) is 0 Å². The third-order valence-electron chi connectivity index (χ3n) is 5.37. The Balaban J connectivity index is 1.39. The summed E-state index contributed by atoms with van der Waals surface area (Å²) in [6, 6.07) is 17.7. The molecule has 2 aromatic carbocycles. The lowest BCUT2D eigenvalue weighted by Gasteiger charge is -2.32. The molecule has 1 aliphatic rings. The van der Waals surface area contributed by atoms with Crippen LogP contribution in [0.15, 0.2) is 60.8 Å². The first-order valence-electron chi connectivity index (χ1n) is 9.50. The number of tetrazole rings is 1. The van der Waals surface area contributed by atoms with Gasteiger partial charge in [0.25, 0.3) is 5.91 Å². The Kier molecular flexibility index (Phi) is 4.12. The average molecular weight is 372 g/mol. The molecular weight excluding hydrogens is 352 g/mol. The molecule has 5 rings (SSSR count). The Morgan fingerprint density at radius 1 is 1.11 bits per heavy atom. The average Bonchev–Trinajstić information content (AvgIpc) is 3.43. The molecule has 4 aromatic rings. The number of hydrogen-bond acceptors (Lipinski definition) is 4. The second kappa shape index (κ2) is 6.92. The van der Waals surface area contributed by atoms with Gasteiger partial charge in [0.15, 0.2) is 5.82 Å². The summed E-state index contributed by atoms with van der Waals surface area (Å²) >= 11 is 0. The zero-order chi connectivity index (χ0) is 18.9. The molecule has 1 atom stereocenters. The van der Waals surface area contributed by atoms with Gasteiger partial charge >= 0.3 is 0 Å². The van der Waals surface area contributed by atoms with Gasteiger partial charge in [-0.2, -0.15) is 4.68 Å². The normalized spacial score (nSPS) is 17.1. The van der Waals surface area contributed by atoms with Crippen LogP contribution in [0.3, 0.4) is 0 Å². The summed E-state index contributed by atoms with van der Waals surface area (Å²) in [6.45, 7) is 1.37. The standard InChI is InChI=1S/C21H20N6O/c28-21(16-9-8-15-10-11-22-19(15)13-16)26-12-4-5-17(14-26)20-23-24-25-27(20)18-6-2-1-3-7-18/h1-3,6-11,13,17,22H,4-5,12,14H2. The van der Waals surface area contributed by atoms with Crippen LogP contribution < -0.4 is 0 Å². The van der Waals surface area contributed by atoms with E-state index in [2.05, 4.69) is 20.5 Å². The minimum atomic E-state index is 0.0555. The summed E-state index contributed by atoms with van der Waals surface area (Å²) in [5.74, 6) is 0.977. The minimum Gasteiger partial charge on any atom is -0.361 e. The highest BCUT2D eigenvalue weighted by Gasteiger charge is 2.29. The molecule has 1 fully saturated rings. The summed E-state index contributed by atoms with van der Waals surface area (Å²) < 4.78 is 1.78. The van der Waals surface area contributed by atoms with Crippen molar-refractivity contribution in [1.82, 2.24) is 30.1 Å². The maximum Gasteiger partial charge on any atom is 0.253 e. The van der Waals surface area contributed by atoms with E-state index in [1.807, 2.05) is 65.7 Å². The Labute approximate surface area is 162 Å². The minimum absolute atomic E-state index is 0.0555. The first kappa shape index (κ1) is 16.7. The van der Waals surface area contributed by atoms with Crippen LogP contribution in [0.1, 0.15) is 34.9 Å². The fraction of sp³-hybridized carbons (Fsp3) is 0.238. The van der Waals surface area contributed by atoms with Crippen LogP contribution >= 0.6 is 0 Å². The molecule has 0 bridgehead atoms. The number of nitrogens with one attached hydrogen (secondary N) is 1. The third-order valence-corrected chi connectivity index (χ3v) is 5.37. The molecule has 140 valence electrons. The Bertz CT molecular complexity index is 1120. The number of benzene rings is 2. The molecule has 1 unspecified atom stereocenters. The number of hydrogen-bond donors (Lipinski definition) is 1. The molecular formula is C21H20N6O. The van der Waals surface area contributed by atoms with Crippen LogP contribution in [0.4, 0.5) is 0 Å². The molecule has 1 N–H and O–H groups in total. The Morgan fingerprint density at radius 2 is 2.00 bits per heavy atom. The first-order valence-corrected chi connectivity index (χ1v) is 9.50. The van der Waals surface area contributed by atoms with Gasteiger partial charge in [-0.05, 0) is 59.0 Å². The van der Waals surface area contributed by atoms with Gasteiger partial charge in [-0.25, -0.2) is 0 Å². The van der Waals surface area contributed by atoms with Crippen molar-refractivity contribution < 1.29 is 4.79 Å². The van der Waals surface area contributed by atoms with E-state index < -0.39 is 0 Å². The number of amides is 1. The fourth-order valence-corrected chi connectivity index (χ4v) is 3.94. The predicted octanol–water partition coefficient (Wildman–Crippen LogP) is 3.16. The molecule has 0 aliphatic carbocycles. The van der Waals surface area contributed by atoms with E-state index >= 15 is 0 Å². The predicted molar refractivity (Wildman–Crippen MR) is 105 cm³/mol. The number of aromatic amines is 1. The van der Waals surface area contributed by atoms with Gasteiger partial charge in [-0.15, -0.1) is 5.10 Å². The molecule has 1 aliphatic heterocycles. The second-order valence-electron chi connectivity index (χ2n) is 7.15. The monoisotopic (exact) mass is 372 g/mol. The van der Waals surface area contributed by atoms with E-state index in [4.69, 9.17) is 0 Å². The van der Waals surface area contributed by atoms with E-state index in [9.17, 15) is 4.79 Å². The smallest absolute Gasteiger partial charge is 0.253 e. The molecule has 0 radical (unpaired) electrons. The number of carbonyl (C=O) groups is 1. The number of H-pyrrole nitrogens is 1. The van der Waals surface area contributed by atoms with E-state index in [1.165, 1.54) is 0 Å². The number of rotatable bonds is 3. The van der Waals surface area contributed by atoms with Crippen molar-refractivity contribution in [3.8, 4) is 5.69 Å². The van der Waals surface area contributed by atoms with E-state index in [1.54, 1.807) is 4.68 Å². The molecule has 0 spiro atoms. The van der Waals surface area contributed by atoms with Gasteiger partial charge in [0.2, 0.25) is 0 Å². The highest BCUT2D eigenvalue weighted by Crippen LogP contribution is 2.28. The van der Waals surface area contributed by atoms with Crippen molar-refractivity contribution in [3.63, 3.8) is 0 Å². The van der Waals surface area contributed by atoms with Gasteiger partial charge < -0.3 is 9.88 Å². The van der Waals surface area contributed by atoms with E-state index in [0.717, 1.165) is 41.8 Å². The third kappa shape index (κ3) is 2.94. The van der Waals surface area contributed by atoms with E-state index in [-0.39, 0.29) is 11.8 Å². The van der Waals surface area contributed by atoms with Crippen LogP contribution in [0.2, 0.25) is 0 Å². The number of likely N-dealkylation sites (tertiary alicyclic amines) is 1. The number of nitrogens with zero attached hydrogens (tertiary/aromatic N) is 5. The molecule has 1 saturated heterocycles. The summed E-state index contributed by atoms with van der Waals surface area (Å²) in [7, 11) is 0. The van der Waals surface area contributed by atoms with Crippen molar-refractivity contribution in [1.29, 1.82) is 0 Å². The number of aromatic nitrogens is 5. The molecule has 3 heterocycles. The molecule has 7 heteroatoms. The molecule has 2 aromatic heterocycles. The number of piperidine rings is 1. The second-order valence-corrected chi connectivity index (χ2v) is 7.15. The maximum absolute atomic E-state index is 13.1. The van der Waals surface area contributed by atoms with Crippen molar-refractivity contribution in [2.24, 2.45) is 0 Å². The molecule has 1 amide bonds. The zero-order valence-corrected chi connectivity index (χ0v) is 15.3. The Hall–Kier alpha value is -3.48. The largest absolute Gasteiger partial charge is 0.361 e. The topological polar surface area (TPSA) is 79.7 Å². The summed E-state index contributed by atoms with van der Waals surface area (Å²) in [4.78, 5) is 18.2. The fourth-order valence-electron chi connectivity index (χ4n) is 3.94. The van der Waals surface area contributed by atoms with Crippen molar-refractivity contribution in [2.45, 2.75) is 18.8 Å². The van der Waals surface area contributed by atoms with Crippen molar-refractivity contribution >= 4 is 16.8 Å². The van der Waals surface area contributed by atoms with Crippen LogP contribution in [0.25, 0.3) is 16.6 Å². The maximum atomic E-state index is 13.1. The molecule has 7 nitrogen and oxygen atoms in total.